The zero-order chi connectivity index (χ0) is 21.5. The molecule has 1 atom stereocenters. The molecule has 1 aromatic heterocycles. The minimum absolute atomic E-state index is 0.111. The average Bonchev–Trinajstić information content (AvgIpc) is 2.50. The van der Waals surface area contributed by atoms with E-state index in [2.05, 4.69) is 35.5 Å². The molecule has 1 unspecified atom stereocenters. The fourth-order valence-corrected chi connectivity index (χ4v) is 2.83. The predicted molar refractivity (Wildman–Crippen MR) is 100 cm³/mol. The van der Waals surface area contributed by atoms with Gasteiger partial charge in [0.05, 0.1) is 18.5 Å². The Morgan fingerprint density at radius 2 is 2.00 bits per heavy atom. The summed E-state index contributed by atoms with van der Waals surface area (Å²) in [6.45, 7) is 9.07. The molecule has 0 radical (unpaired) electrons. The van der Waals surface area contributed by atoms with Gasteiger partial charge >= 0.3 is 6.18 Å². The number of hydrogen-bond donors (Lipinski definition) is 2. The van der Waals surface area contributed by atoms with Crippen molar-refractivity contribution in [2.24, 2.45) is 0 Å². The second kappa shape index (κ2) is 10.0. The van der Waals surface area contributed by atoms with Crippen LogP contribution in [-0.2, 0) is 27.3 Å². The van der Waals surface area contributed by atoms with Crippen LogP contribution in [0.1, 0.15) is 19.4 Å². The van der Waals surface area contributed by atoms with Crippen LogP contribution in [0.2, 0.25) is 25.7 Å². The van der Waals surface area contributed by atoms with E-state index in [9.17, 15) is 22.8 Å². The van der Waals surface area contributed by atoms with E-state index >= 15 is 0 Å². The number of carbonyl (C=O) groups is 1. The summed E-state index contributed by atoms with van der Waals surface area (Å²) in [6, 6.07) is 0.192. The standard InChI is InChI=1S/C16H27F3N4O4Si/c1-11(9-27-22-12(2)24)21-13-8-20-23(10-26-6-7-28(3,4)5)15(25)14(13)16(17,18)19/h8,11,21H,6-7,9-10H2,1-5H3,(H,22,24). The van der Waals surface area contributed by atoms with Gasteiger partial charge in [-0.25, -0.2) is 10.2 Å². The quantitative estimate of drug-likeness (QED) is 0.340. The third kappa shape index (κ3) is 8.40. The van der Waals surface area contributed by atoms with E-state index in [1.807, 2.05) is 0 Å². The summed E-state index contributed by atoms with van der Waals surface area (Å²) in [4.78, 5) is 27.9. The summed E-state index contributed by atoms with van der Waals surface area (Å²) in [6.07, 6.45) is -3.94. The van der Waals surface area contributed by atoms with Crippen molar-refractivity contribution in [3.8, 4) is 0 Å². The highest BCUT2D eigenvalue weighted by Gasteiger charge is 2.38. The maximum absolute atomic E-state index is 13.4. The van der Waals surface area contributed by atoms with E-state index in [1.165, 1.54) is 13.8 Å². The molecule has 1 aromatic rings. The molecule has 1 rings (SSSR count). The van der Waals surface area contributed by atoms with Crippen molar-refractivity contribution in [1.82, 2.24) is 15.3 Å². The number of alkyl halides is 3. The lowest BCUT2D eigenvalue weighted by Crippen LogP contribution is -2.35. The molecule has 1 heterocycles. The lowest BCUT2D eigenvalue weighted by atomic mass is 10.2. The molecule has 1 amide bonds. The van der Waals surface area contributed by atoms with E-state index in [4.69, 9.17) is 9.57 Å². The van der Waals surface area contributed by atoms with Crippen LogP contribution < -0.4 is 16.4 Å². The number of nitrogens with zero attached hydrogens (tertiary/aromatic N) is 2. The predicted octanol–water partition coefficient (Wildman–Crippen LogP) is 2.44. The summed E-state index contributed by atoms with van der Waals surface area (Å²) in [5.41, 5.74) is -1.04. The number of aromatic nitrogens is 2. The highest BCUT2D eigenvalue weighted by Crippen LogP contribution is 2.31. The van der Waals surface area contributed by atoms with Crippen LogP contribution >= 0.6 is 0 Å². The van der Waals surface area contributed by atoms with Gasteiger partial charge in [0, 0.05) is 27.6 Å². The molecular formula is C16H27F3N4O4Si. The second-order valence-electron chi connectivity index (χ2n) is 7.60. The van der Waals surface area contributed by atoms with Gasteiger partial charge in [0.25, 0.3) is 5.56 Å². The highest BCUT2D eigenvalue weighted by molar-refractivity contribution is 6.76. The van der Waals surface area contributed by atoms with Crippen LogP contribution in [0.15, 0.2) is 11.0 Å². The number of hydroxylamine groups is 1. The number of halogens is 3. The van der Waals surface area contributed by atoms with Gasteiger partial charge in [-0.15, -0.1) is 0 Å². The van der Waals surface area contributed by atoms with Gasteiger partial charge in [-0.1, -0.05) is 19.6 Å². The van der Waals surface area contributed by atoms with Crippen molar-refractivity contribution in [2.75, 3.05) is 18.5 Å². The third-order valence-electron chi connectivity index (χ3n) is 3.49. The summed E-state index contributed by atoms with van der Waals surface area (Å²) >= 11 is 0. The molecule has 0 aliphatic carbocycles. The Kier molecular flexibility index (Phi) is 8.64. The SMILES string of the molecule is CC(=O)NOCC(C)Nc1cnn(COCC[Si](C)(C)C)c(=O)c1C(F)(F)F. The van der Waals surface area contributed by atoms with E-state index in [0.29, 0.717) is 11.3 Å². The first-order valence-corrected chi connectivity index (χ1v) is 12.4. The van der Waals surface area contributed by atoms with Gasteiger partial charge in [-0.3, -0.25) is 14.4 Å². The van der Waals surface area contributed by atoms with Crippen molar-refractivity contribution in [3.05, 3.63) is 22.1 Å². The molecule has 0 aromatic carbocycles. The molecule has 0 saturated heterocycles. The van der Waals surface area contributed by atoms with E-state index < -0.39 is 43.0 Å². The number of ether oxygens (including phenoxy) is 1. The van der Waals surface area contributed by atoms with Gasteiger partial charge in [0.15, 0.2) is 0 Å². The Labute approximate surface area is 162 Å². The van der Waals surface area contributed by atoms with Crippen molar-refractivity contribution in [2.45, 2.75) is 58.5 Å². The van der Waals surface area contributed by atoms with Crippen LogP contribution in [0.25, 0.3) is 0 Å². The maximum atomic E-state index is 13.4. The van der Waals surface area contributed by atoms with Crippen LogP contribution in [0.3, 0.4) is 0 Å². The third-order valence-corrected chi connectivity index (χ3v) is 5.19. The molecule has 0 saturated carbocycles. The smallest absolute Gasteiger partial charge is 0.378 e. The fourth-order valence-electron chi connectivity index (χ4n) is 2.07. The first kappa shape index (κ1) is 24.1. The first-order chi connectivity index (χ1) is 12.8. The zero-order valence-electron chi connectivity index (χ0n) is 16.6. The molecule has 0 spiro atoms. The zero-order valence-corrected chi connectivity index (χ0v) is 17.6. The molecule has 0 aliphatic rings. The Morgan fingerprint density at radius 1 is 1.36 bits per heavy atom. The monoisotopic (exact) mass is 424 g/mol. The fraction of sp³-hybridized carbons (Fsp3) is 0.688. The number of nitrogens with one attached hydrogen (secondary N) is 2. The van der Waals surface area contributed by atoms with Crippen LogP contribution in [0.5, 0.6) is 0 Å². The summed E-state index contributed by atoms with van der Waals surface area (Å²) in [5, 5.41) is 6.30. The lowest BCUT2D eigenvalue weighted by Gasteiger charge is -2.19. The second-order valence-corrected chi connectivity index (χ2v) is 13.2. The van der Waals surface area contributed by atoms with Gasteiger partial charge in [0.2, 0.25) is 5.91 Å². The highest BCUT2D eigenvalue weighted by atomic mass is 28.3. The van der Waals surface area contributed by atoms with Crippen molar-refractivity contribution < 1.29 is 27.5 Å². The number of amides is 1. The normalized spacial score (nSPS) is 13.3. The Morgan fingerprint density at radius 3 is 2.54 bits per heavy atom. The summed E-state index contributed by atoms with van der Waals surface area (Å²) in [7, 11) is -1.36. The van der Waals surface area contributed by atoms with Crippen LogP contribution in [0, 0.1) is 0 Å². The minimum atomic E-state index is -4.87. The van der Waals surface area contributed by atoms with Crippen molar-refractivity contribution in [3.63, 3.8) is 0 Å². The Bertz CT molecular complexity index is 719. The molecular weight excluding hydrogens is 397 g/mol. The molecule has 0 fully saturated rings. The Hall–Kier alpha value is -1.92. The van der Waals surface area contributed by atoms with Gasteiger partial charge in [-0.05, 0) is 13.0 Å². The summed E-state index contributed by atoms with van der Waals surface area (Å²) < 4.78 is 46.3. The average molecular weight is 424 g/mol. The van der Waals surface area contributed by atoms with Crippen LogP contribution in [-0.4, -0.2) is 43.0 Å². The number of anilines is 1. The Balaban J connectivity index is 2.90. The number of rotatable bonds is 10. The van der Waals surface area contributed by atoms with E-state index in [1.54, 1.807) is 0 Å². The van der Waals surface area contributed by atoms with Gasteiger partial charge in [-0.2, -0.15) is 18.3 Å². The van der Waals surface area contributed by atoms with E-state index in [0.717, 1.165) is 12.2 Å². The first-order valence-electron chi connectivity index (χ1n) is 8.71. The lowest BCUT2D eigenvalue weighted by molar-refractivity contribution is -0.138. The molecule has 12 heteroatoms. The topological polar surface area (TPSA) is 94.5 Å². The molecule has 8 nitrogen and oxygen atoms in total. The van der Waals surface area contributed by atoms with Crippen LogP contribution in [0.4, 0.5) is 18.9 Å². The van der Waals surface area contributed by atoms with Gasteiger partial charge in [0.1, 0.15) is 12.3 Å². The number of hydrogen-bond acceptors (Lipinski definition) is 6. The minimum Gasteiger partial charge on any atom is -0.378 e. The van der Waals surface area contributed by atoms with Crippen molar-refractivity contribution >= 4 is 19.7 Å². The van der Waals surface area contributed by atoms with E-state index in [-0.39, 0.29) is 13.3 Å². The maximum Gasteiger partial charge on any atom is 0.423 e. The number of carbonyl (C=O) groups excluding carboxylic acids is 1. The molecule has 0 aliphatic heterocycles. The largest absolute Gasteiger partial charge is 0.423 e. The molecule has 160 valence electrons. The molecule has 2 N–H and O–H groups in total. The van der Waals surface area contributed by atoms with Crippen molar-refractivity contribution in [1.29, 1.82) is 0 Å². The molecule has 0 bridgehead atoms. The summed E-state index contributed by atoms with van der Waals surface area (Å²) in [5.74, 6) is -0.443. The molecule has 28 heavy (non-hydrogen) atoms. The van der Waals surface area contributed by atoms with Gasteiger partial charge < -0.3 is 10.1 Å².